The van der Waals surface area contributed by atoms with Crippen LogP contribution in [0.3, 0.4) is 0 Å². The first-order chi connectivity index (χ1) is 17.8. The Hall–Kier alpha value is -3.98. The Kier molecular flexibility index (Phi) is 5.09. The van der Waals surface area contributed by atoms with E-state index in [9.17, 15) is 0 Å². The molecule has 3 nitrogen and oxygen atoms in total. The lowest BCUT2D eigenvalue weighted by Gasteiger charge is -2.37. The summed E-state index contributed by atoms with van der Waals surface area (Å²) in [6.07, 6.45) is 5.85. The predicted octanol–water partition coefficient (Wildman–Crippen LogP) is 8.22. The number of hydrogen-bond donors (Lipinski definition) is 1. The number of para-hydroxylation sites is 1. The minimum atomic E-state index is 0.279. The maximum Gasteiger partial charge on any atom is 0.120 e. The maximum atomic E-state index is 6.17. The van der Waals surface area contributed by atoms with E-state index in [4.69, 9.17) is 4.74 Å². The van der Waals surface area contributed by atoms with Crippen molar-refractivity contribution in [3.63, 3.8) is 0 Å². The topological polar surface area (TPSA) is 26.2 Å². The highest BCUT2D eigenvalue weighted by Crippen LogP contribution is 2.51. The molecule has 0 amide bonds. The Balaban J connectivity index is 1.23. The number of fused-ring (bicyclic) bond motifs is 6. The van der Waals surface area contributed by atoms with Crippen LogP contribution in [-0.4, -0.2) is 4.57 Å². The largest absolute Gasteiger partial charge is 0.489 e. The molecule has 36 heavy (non-hydrogen) atoms. The SMILES string of the molecule is CCn1c2ccccc2c2cc(C3Nc4ccc(OCc5ccccc5)cc4C4C=CCC43)ccc21. The lowest BCUT2D eigenvalue weighted by Crippen LogP contribution is -2.29. The molecule has 0 bridgehead atoms. The molecule has 7 rings (SSSR count). The minimum absolute atomic E-state index is 0.279. The highest BCUT2D eigenvalue weighted by atomic mass is 16.5. The fourth-order valence-corrected chi connectivity index (χ4v) is 6.34. The van der Waals surface area contributed by atoms with Crippen molar-refractivity contribution in [1.82, 2.24) is 4.57 Å². The Morgan fingerprint density at radius 3 is 2.58 bits per heavy atom. The van der Waals surface area contributed by atoms with Crippen LogP contribution in [0.15, 0.2) is 103 Å². The van der Waals surface area contributed by atoms with E-state index in [2.05, 4.69) is 114 Å². The summed E-state index contributed by atoms with van der Waals surface area (Å²) in [5.41, 5.74) is 7.76. The Labute approximate surface area is 212 Å². The molecule has 3 heteroatoms. The van der Waals surface area contributed by atoms with Gasteiger partial charge in [-0.3, -0.25) is 0 Å². The Bertz CT molecular complexity index is 1600. The molecule has 1 aliphatic carbocycles. The summed E-state index contributed by atoms with van der Waals surface area (Å²) in [6.45, 7) is 3.79. The molecule has 0 saturated heterocycles. The minimum Gasteiger partial charge on any atom is -0.489 e. The van der Waals surface area contributed by atoms with Crippen LogP contribution in [0.4, 0.5) is 5.69 Å². The van der Waals surface area contributed by atoms with E-state index in [1.165, 1.54) is 44.2 Å². The van der Waals surface area contributed by atoms with Gasteiger partial charge < -0.3 is 14.6 Å². The van der Waals surface area contributed by atoms with Gasteiger partial charge in [-0.05, 0) is 72.4 Å². The summed E-state index contributed by atoms with van der Waals surface area (Å²) in [5.74, 6) is 1.84. The monoisotopic (exact) mass is 470 g/mol. The van der Waals surface area contributed by atoms with Crippen LogP contribution in [0.5, 0.6) is 5.75 Å². The quantitative estimate of drug-likeness (QED) is 0.262. The zero-order valence-corrected chi connectivity index (χ0v) is 20.5. The van der Waals surface area contributed by atoms with Crippen molar-refractivity contribution in [2.45, 2.75) is 38.5 Å². The number of aryl methyl sites for hydroxylation is 1. The summed E-state index contributed by atoms with van der Waals surface area (Å²) in [7, 11) is 0. The fraction of sp³-hybridized carbons (Fsp3) is 0.212. The molecule has 1 N–H and O–H groups in total. The smallest absolute Gasteiger partial charge is 0.120 e. The van der Waals surface area contributed by atoms with Crippen LogP contribution in [0, 0.1) is 5.92 Å². The number of ether oxygens (including phenoxy) is 1. The van der Waals surface area contributed by atoms with Gasteiger partial charge in [-0.1, -0.05) is 66.7 Å². The molecule has 2 aliphatic rings. The zero-order valence-electron chi connectivity index (χ0n) is 20.5. The molecular weight excluding hydrogens is 440 g/mol. The molecule has 0 saturated carbocycles. The standard InChI is InChI=1S/C33H30N2O/c1-2-35-31-14-7-6-11-26(31)29-19-23(15-18-32(29)35)33-27-13-8-12-25(27)28-20-24(16-17-30(28)34-33)36-21-22-9-4-3-5-10-22/h3-12,14-20,25,27,33-34H,2,13,21H2,1H3. The summed E-state index contributed by atoms with van der Waals surface area (Å²) < 4.78 is 8.59. The number of allylic oxidation sites excluding steroid dienone is 2. The zero-order chi connectivity index (χ0) is 24.1. The van der Waals surface area contributed by atoms with Gasteiger partial charge in [-0.2, -0.15) is 0 Å². The van der Waals surface area contributed by atoms with Gasteiger partial charge in [0.2, 0.25) is 0 Å². The van der Waals surface area contributed by atoms with Crippen LogP contribution >= 0.6 is 0 Å². The summed E-state index contributed by atoms with van der Waals surface area (Å²) in [5, 5.41) is 6.61. The second kappa shape index (κ2) is 8.60. The number of benzene rings is 4. The third-order valence-electron chi connectivity index (χ3n) is 8.05. The van der Waals surface area contributed by atoms with Crippen molar-refractivity contribution in [2.24, 2.45) is 5.92 Å². The molecule has 0 spiro atoms. The highest BCUT2D eigenvalue weighted by molar-refractivity contribution is 6.08. The lowest BCUT2D eigenvalue weighted by molar-refractivity contribution is 0.305. The Morgan fingerprint density at radius 2 is 1.69 bits per heavy atom. The van der Waals surface area contributed by atoms with Gasteiger partial charge in [0.25, 0.3) is 0 Å². The molecule has 1 aliphatic heterocycles. The van der Waals surface area contributed by atoms with Gasteiger partial charge >= 0.3 is 0 Å². The highest BCUT2D eigenvalue weighted by Gasteiger charge is 2.38. The van der Waals surface area contributed by atoms with Crippen LogP contribution in [0.25, 0.3) is 21.8 Å². The number of rotatable bonds is 5. The number of hydrogen-bond acceptors (Lipinski definition) is 2. The van der Waals surface area contributed by atoms with E-state index in [1.807, 2.05) is 6.07 Å². The molecule has 4 aromatic carbocycles. The van der Waals surface area contributed by atoms with E-state index < -0.39 is 0 Å². The van der Waals surface area contributed by atoms with E-state index >= 15 is 0 Å². The van der Waals surface area contributed by atoms with Crippen molar-refractivity contribution < 1.29 is 4.74 Å². The number of anilines is 1. The van der Waals surface area contributed by atoms with E-state index in [1.54, 1.807) is 0 Å². The van der Waals surface area contributed by atoms with Gasteiger partial charge in [0.05, 0.1) is 6.04 Å². The average molecular weight is 471 g/mol. The molecule has 3 unspecified atom stereocenters. The third-order valence-corrected chi connectivity index (χ3v) is 8.05. The van der Waals surface area contributed by atoms with Crippen LogP contribution in [0.1, 0.15) is 42.0 Å². The molecule has 2 heterocycles. The normalized spacial score (nSPS) is 20.3. The maximum absolute atomic E-state index is 6.17. The van der Waals surface area contributed by atoms with Crippen LogP contribution in [0.2, 0.25) is 0 Å². The fourth-order valence-electron chi connectivity index (χ4n) is 6.34. The molecule has 3 atom stereocenters. The van der Waals surface area contributed by atoms with Crippen LogP contribution in [-0.2, 0) is 13.2 Å². The van der Waals surface area contributed by atoms with Crippen molar-refractivity contribution >= 4 is 27.5 Å². The first-order valence-corrected chi connectivity index (χ1v) is 13.0. The van der Waals surface area contributed by atoms with Crippen LogP contribution < -0.4 is 10.1 Å². The van der Waals surface area contributed by atoms with Crippen molar-refractivity contribution in [1.29, 1.82) is 0 Å². The first-order valence-electron chi connectivity index (χ1n) is 13.0. The lowest BCUT2D eigenvalue weighted by atomic mass is 9.77. The van der Waals surface area contributed by atoms with Gasteiger partial charge in [-0.25, -0.2) is 0 Å². The van der Waals surface area contributed by atoms with E-state index in [0.717, 1.165) is 18.7 Å². The summed E-state index contributed by atoms with van der Waals surface area (Å²) in [6, 6.07) is 33.1. The molecule has 0 fully saturated rings. The second-order valence-corrected chi connectivity index (χ2v) is 10.0. The van der Waals surface area contributed by atoms with Gasteiger partial charge in [0, 0.05) is 40.0 Å². The van der Waals surface area contributed by atoms with Crippen molar-refractivity contribution in [2.75, 3.05) is 5.32 Å². The molecule has 178 valence electrons. The summed E-state index contributed by atoms with van der Waals surface area (Å²) >= 11 is 0. The average Bonchev–Trinajstić information content (AvgIpc) is 3.55. The molecule has 0 radical (unpaired) electrons. The van der Waals surface area contributed by atoms with Gasteiger partial charge in [0.1, 0.15) is 12.4 Å². The number of nitrogens with zero attached hydrogens (tertiary/aromatic N) is 1. The molecule has 1 aromatic heterocycles. The third kappa shape index (κ3) is 3.42. The predicted molar refractivity (Wildman–Crippen MR) is 149 cm³/mol. The van der Waals surface area contributed by atoms with Gasteiger partial charge in [-0.15, -0.1) is 0 Å². The van der Waals surface area contributed by atoms with Crippen molar-refractivity contribution in [3.05, 3.63) is 120 Å². The second-order valence-electron chi connectivity index (χ2n) is 10.0. The summed E-state index contributed by atoms with van der Waals surface area (Å²) in [4.78, 5) is 0. The first kappa shape index (κ1) is 21.3. The number of nitrogens with one attached hydrogen (secondary N) is 1. The van der Waals surface area contributed by atoms with Crippen molar-refractivity contribution in [3.8, 4) is 5.75 Å². The molecular formula is C33H30N2O. The van der Waals surface area contributed by atoms with Gasteiger partial charge in [0.15, 0.2) is 0 Å². The van der Waals surface area contributed by atoms with E-state index in [0.29, 0.717) is 18.4 Å². The Morgan fingerprint density at radius 1 is 0.861 bits per heavy atom. The molecule has 5 aromatic rings. The van der Waals surface area contributed by atoms with E-state index in [-0.39, 0.29) is 6.04 Å². The number of aromatic nitrogens is 1.